The van der Waals surface area contributed by atoms with Crippen molar-refractivity contribution in [2.24, 2.45) is 0 Å². The molecule has 12 aromatic carbocycles. The van der Waals surface area contributed by atoms with E-state index >= 15 is 0 Å². The number of rotatable bonds is 8. The molecule has 2 aliphatic carbocycles. The average molecular weight is 1300 g/mol. The molecule has 0 unspecified atom stereocenters. The van der Waals surface area contributed by atoms with E-state index in [0.29, 0.717) is 0 Å². The molecule has 100 heavy (non-hydrogen) atoms. The Balaban J connectivity index is 0.914. The van der Waals surface area contributed by atoms with Crippen molar-refractivity contribution >= 4 is 79.0 Å². The Hall–Kier alpha value is -9.90. The Morgan fingerprint density at radius 3 is 1.15 bits per heavy atom. The van der Waals surface area contributed by atoms with Gasteiger partial charge in [0.1, 0.15) is 0 Å². The van der Waals surface area contributed by atoms with Crippen LogP contribution in [0.25, 0.3) is 83.1 Å². The highest BCUT2D eigenvalue weighted by atomic mass is 15.2. The van der Waals surface area contributed by atoms with Crippen LogP contribution in [0.15, 0.2) is 255 Å². The van der Waals surface area contributed by atoms with Crippen LogP contribution in [0.1, 0.15) is 156 Å². The molecule has 4 heteroatoms. The lowest BCUT2D eigenvalue weighted by molar-refractivity contribution is 0.332. The van der Waals surface area contributed by atoms with Crippen molar-refractivity contribution in [2.75, 3.05) is 9.80 Å². The number of hydrogen-bond acceptors (Lipinski definition) is 2. The lowest BCUT2D eigenvalue weighted by Crippen LogP contribution is -2.61. The van der Waals surface area contributed by atoms with E-state index in [1.165, 1.54) is 176 Å². The van der Waals surface area contributed by atoms with Gasteiger partial charge in [0, 0.05) is 50.6 Å². The molecule has 17 rings (SSSR count). The van der Waals surface area contributed by atoms with Crippen molar-refractivity contribution in [2.45, 2.75) is 155 Å². The van der Waals surface area contributed by atoms with Gasteiger partial charge in [0.15, 0.2) is 0 Å². The molecule has 0 spiro atoms. The predicted molar refractivity (Wildman–Crippen MR) is 430 cm³/mol. The summed E-state index contributed by atoms with van der Waals surface area (Å²) < 4.78 is 2.51. The van der Waals surface area contributed by atoms with Crippen LogP contribution in [0.2, 0.25) is 0 Å². The second kappa shape index (κ2) is 22.8. The summed E-state index contributed by atoms with van der Waals surface area (Å²) >= 11 is 0. The smallest absolute Gasteiger partial charge is 0.252 e. The first-order valence-electron chi connectivity index (χ1n) is 36.7. The molecule has 0 saturated heterocycles. The van der Waals surface area contributed by atoms with E-state index in [0.717, 1.165) is 17.1 Å². The molecule has 1 aromatic heterocycles. The highest BCUT2D eigenvalue weighted by molar-refractivity contribution is 7.00. The molecule has 0 N–H and O–H groups in total. The van der Waals surface area contributed by atoms with Crippen molar-refractivity contribution < 1.29 is 0 Å². The fourth-order valence-corrected chi connectivity index (χ4v) is 17.5. The van der Waals surface area contributed by atoms with Gasteiger partial charge < -0.3 is 14.4 Å². The van der Waals surface area contributed by atoms with Crippen molar-refractivity contribution in [1.29, 1.82) is 0 Å². The molecule has 0 bridgehead atoms. The quantitative estimate of drug-likeness (QED) is 0.141. The Labute approximate surface area is 594 Å². The normalized spacial score (nSPS) is 16.2. The van der Waals surface area contributed by atoms with Gasteiger partial charge in [-0.2, -0.15) is 0 Å². The Morgan fingerprint density at radius 2 is 0.640 bits per heavy atom. The largest absolute Gasteiger partial charge is 0.311 e. The summed E-state index contributed by atoms with van der Waals surface area (Å²) in [7, 11) is 0. The molecule has 0 atom stereocenters. The van der Waals surface area contributed by atoms with Gasteiger partial charge in [0.2, 0.25) is 0 Å². The van der Waals surface area contributed by atoms with Gasteiger partial charge in [-0.1, -0.05) is 279 Å². The van der Waals surface area contributed by atoms with Crippen LogP contribution >= 0.6 is 0 Å². The molecule has 494 valence electrons. The van der Waals surface area contributed by atoms with Crippen LogP contribution in [-0.4, -0.2) is 11.3 Å². The summed E-state index contributed by atoms with van der Waals surface area (Å²) in [6, 6.07) is 99.2. The first-order valence-corrected chi connectivity index (χ1v) is 36.7. The fraction of sp³-hybridized carbons (Fsp3) is 0.250. The lowest BCUT2D eigenvalue weighted by atomic mass is 9.33. The highest BCUT2D eigenvalue weighted by Crippen LogP contribution is 2.52. The molecule has 3 nitrogen and oxygen atoms in total. The van der Waals surface area contributed by atoms with Crippen LogP contribution < -0.4 is 26.2 Å². The zero-order chi connectivity index (χ0) is 69.2. The van der Waals surface area contributed by atoms with Crippen molar-refractivity contribution in [3.05, 3.63) is 288 Å². The third kappa shape index (κ3) is 10.5. The van der Waals surface area contributed by atoms with Gasteiger partial charge in [-0.25, -0.2) is 0 Å². The van der Waals surface area contributed by atoms with Gasteiger partial charge in [-0.3, -0.25) is 0 Å². The number of benzene rings is 12. The van der Waals surface area contributed by atoms with Crippen LogP contribution in [0, 0.1) is 0 Å². The summed E-state index contributed by atoms with van der Waals surface area (Å²) in [6.45, 7) is 33.2. The van der Waals surface area contributed by atoms with E-state index in [4.69, 9.17) is 0 Å². The second-order valence-electron chi connectivity index (χ2n) is 34.3. The number of hydrogen-bond donors (Lipinski definition) is 0. The van der Waals surface area contributed by atoms with Crippen LogP contribution in [0.5, 0.6) is 0 Å². The molecule has 13 aromatic rings. The topological polar surface area (TPSA) is 11.4 Å². The third-order valence-corrected chi connectivity index (χ3v) is 23.9. The van der Waals surface area contributed by atoms with Gasteiger partial charge in [-0.05, 0) is 236 Å². The summed E-state index contributed by atoms with van der Waals surface area (Å²) in [5, 5.41) is 2.47. The zero-order valence-electron chi connectivity index (χ0n) is 61.0. The molecule has 0 radical (unpaired) electrons. The van der Waals surface area contributed by atoms with Gasteiger partial charge in [0.25, 0.3) is 6.71 Å². The number of aromatic nitrogens is 1. The van der Waals surface area contributed by atoms with Crippen molar-refractivity contribution in [3.63, 3.8) is 0 Å². The summed E-state index contributed by atoms with van der Waals surface area (Å²) in [6.07, 6.45) is 4.73. The van der Waals surface area contributed by atoms with E-state index in [2.05, 4.69) is 366 Å². The lowest BCUT2D eigenvalue weighted by Gasteiger charge is -2.45. The van der Waals surface area contributed by atoms with E-state index in [9.17, 15) is 0 Å². The minimum Gasteiger partial charge on any atom is -0.311 e. The molecule has 2 aliphatic heterocycles. The minimum absolute atomic E-state index is 0.00619. The molecule has 0 saturated carbocycles. The SMILES string of the molecule is CC(C)(C)c1ccc(-c2ccc3c(c2)N(c2ccc(-c4ccc5c(c4)C(C)(C)CCC5(C)C)cc2)c2cc(-c4ccc(C(C)(C)C)cc4)cc4c2B3c2ccc(-n3c5ccccc5c5cc(-c6ccccc6)ccc53)cc2N4c2ccc(-c3ccc4c(c3)C(C)(C)CCC4(C)C)cc2)cc1. The molecule has 0 fully saturated rings. The highest BCUT2D eigenvalue weighted by Gasteiger charge is 2.45. The molecule has 3 heterocycles. The van der Waals surface area contributed by atoms with Gasteiger partial charge in [-0.15, -0.1) is 0 Å². The predicted octanol–water partition coefficient (Wildman–Crippen LogP) is 24.5. The number of fused-ring (bicyclic) bond motifs is 9. The fourth-order valence-electron chi connectivity index (χ4n) is 17.5. The van der Waals surface area contributed by atoms with Gasteiger partial charge in [0.05, 0.1) is 11.0 Å². The summed E-state index contributed by atoms with van der Waals surface area (Å²) in [5.41, 5.74) is 35.5. The average Bonchev–Trinajstić information content (AvgIpc) is 0.714. The second-order valence-corrected chi connectivity index (χ2v) is 34.3. The third-order valence-electron chi connectivity index (χ3n) is 23.9. The van der Waals surface area contributed by atoms with Crippen molar-refractivity contribution in [1.82, 2.24) is 4.57 Å². The standard InChI is InChI=1S/C96H92BN3/c1-91(2,3)71-36-24-62(25-37-71)69-34-47-82-86(57-69)98(73-40-28-63(29-41-73)67-32-45-78-80(55-67)95(11,12)52-50-93(78,7)8)88-58-70(65-26-38-72(39-27-65)92(4,5)6)59-89-90(88)97(82)83-48-44-75(100-84-23-19-18-22-76(84)77-54-66(35-49-85(77)100)61-20-16-15-17-21-61)60-87(83)99(89)74-42-30-64(31-43-74)68-33-46-79-81(56-68)96(13,14)53-51-94(79,9)10/h15-49,54-60H,50-53H2,1-14H3. The number of nitrogens with zero attached hydrogens (tertiary/aromatic N) is 3. The first kappa shape index (κ1) is 63.5. The Bertz CT molecular complexity index is 5410. The van der Waals surface area contributed by atoms with E-state index < -0.39 is 0 Å². The maximum Gasteiger partial charge on any atom is 0.252 e. The maximum atomic E-state index is 2.63. The molecular formula is C96H92BN3. The van der Waals surface area contributed by atoms with Crippen LogP contribution in [-0.2, 0) is 32.5 Å². The Morgan fingerprint density at radius 1 is 0.280 bits per heavy atom. The summed E-state index contributed by atoms with van der Waals surface area (Å²) in [5.74, 6) is 0. The molecular weight excluding hydrogens is 1210 g/mol. The van der Waals surface area contributed by atoms with Crippen LogP contribution in [0.4, 0.5) is 34.1 Å². The first-order chi connectivity index (χ1) is 47.8. The molecule has 4 aliphatic rings. The van der Waals surface area contributed by atoms with E-state index in [1.807, 2.05) is 0 Å². The maximum absolute atomic E-state index is 2.63. The Kier molecular flexibility index (Phi) is 14.5. The zero-order valence-corrected chi connectivity index (χ0v) is 61.0. The van der Waals surface area contributed by atoms with Crippen molar-refractivity contribution in [3.8, 4) is 61.3 Å². The summed E-state index contributed by atoms with van der Waals surface area (Å²) in [4.78, 5) is 5.25. The van der Waals surface area contributed by atoms with E-state index in [-0.39, 0.29) is 39.2 Å². The van der Waals surface area contributed by atoms with Gasteiger partial charge >= 0.3 is 0 Å². The van der Waals surface area contributed by atoms with E-state index in [1.54, 1.807) is 0 Å². The number of anilines is 6. The molecule has 0 amide bonds. The monoisotopic (exact) mass is 1300 g/mol. The van der Waals surface area contributed by atoms with Crippen LogP contribution in [0.3, 0.4) is 0 Å². The number of para-hydroxylation sites is 1. The minimum atomic E-state index is -0.123.